The van der Waals surface area contributed by atoms with Crippen molar-refractivity contribution in [2.75, 3.05) is 0 Å². The molecular formula is C12H11BrFN3. The van der Waals surface area contributed by atoms with Crippen LogP contribution in [0, 0.1) is 5.82 Å². The third-order valence-electron chi connectivity index (χ3n) is 2.39. The van der Waals surface area contributed by atoms with Crippen LogP contribution in [0.25, 0.3) is 0 Å². The van der Waals surface area contributed by atoms with Gasteiger partial charge >= 0.3 is 0 Å². The van der Waals surface area contributed by atoms with Crippen LogP contribution < -0.4 is 5.73 Å². The number of aromatic nitrogens is 2. The van der Waals surface area contributed by atoms with Gasteiger partial charge in [-0.15, -0.1) is 0 Å². The summed E-state index contributed by atoms with van der Waals surface area (Å²) in [6, 6.07) is 6.28. The van der Waals surface area contributed by atoms with E-state index in [4.69, 9.17) is 5.73 Å². The molecule has 0 saturated heterocycles. The Bertz CT molecular complexity index is 504. The number of benzene rings is 1. The van der Waals surface area contributed by atoms with Crippen LogP contribution in [0.2, 0.25) is 0 Å². The summed E-state index contributed by atoms with van der Waals surface area (Å²) in [5.74, 6) is 0.271. The third kappa shape index (κ3) is 2.87. The lowest BCUT2D eigenvalue weighted by atomic mass is 10.1. The first-order valence-electron chi connectivity index (χ1n) is 5.14. The molecule has 1 atom stereocenters. The summed E-state index contributed by atoms with van der Waals surface area (Å²) in [7, 11) is 0. The zero-order valence-electron chi connectivity index (χ0n) is 8.98. The van der Waals surface area contributed by atoms with E-state index in [9.17, 15) is 4.39 Å². The van der Waals surface area contributed by atoms with Gasteiger partial charge in [0, 0.05) is 12.4 Å². The van der Waals surface area contributed by atoms with Gasteiger partial charge in [0.25, 0.3) is 0 Å². The largest absolute Gasteiger partial charge is 0.321 e. The van der Waals surface area contributed by atoms with Gasteiger partial charge in [-0.1, -0.05) is 12.1 Å². The lowest BCUT2D eigenvalue weighted by Crippen LogP contribution is -2.16. The SMILES string of the molecule is NC(Cc1cccc(F)c1Br)c1ncccn1. The van der Waals surface area contributed by atoms with Crippen molar-refractivity contribution >= 4 is 15.9 Å². The van der Waals surface area contributed by atoms with Gasteiger partial charge in [0.1, 0.15) is 11.6 Å². The van der Waals surface area contributed by atoms with Gasteiger partial charge in [0.05, 0.1) is 10.5 Å². The topological polar surface area (TPSA) is 51.8 Å². The summed E-state index contributed by atoms with van der Waals surface area (Å²) in [6.45, 7) is 0. The van der Waals surface area contributed by atoms with Crippen LogP contribution >= 0.6 is 15.9 Å². The van der Waals surface area contributed by atoms with Crippen LogP contribution in [0.4, 0.5) is 4.39 Å². The second-order valence-corrected chi connectivity index (χ2v) is 4.42. The minimum absolute atomic E-state index is 0.288. The van der Waals surface area contributed by atoms with E-state index in [1.165, 1.54) is 6.07 Å². The van der Waals surface area contributed by atoms with Gasteiger partial charge in [-0.2, -0.15) is 0 Å². The predicted molar refractivity (Wildman–Crippen MR) is 66.8 cm³/mol. The van der Waals surface area contributed by atoms with Crippen molar-refractivity contribution in [2.24, 2.45) is 5.73 Å². The van der Waals surface area contributed by atoms with Crippen LogP contribution in [0.3, 0.4) is 0 Å². The molecule has 1 unspecified atom stereocenters. The van der Waals surface area contributed by atoms with Crippen molar-refractivity contribution in [3.63, 3.8) is 0 Å². The number of hydrogen-bond donors (Lipinski definition) is 1. The van der Waals surface area contributed by atoms with E-state index in [1.54, 1.807) is 24.5 Å². The molecule has 0 aliphatic rings. The van der Waals surface area contributed by atoms with Gasteiger partial charge in [-0.25, -0.2) is 14.4 Å². The average molecular weight is 296 g/mol. The molecule has 2 N–H and O–H groups in total. The number of rotatable bonds is 3. The minimum Gasteiger partial charge on any atom is -0.321 e. The molecule has 17 heavy (non-hydrogen) atoms. The van der Waals surface area contributed by atoms with Gasteiger partial charge in [0.15, 0.2) is 0 Å². The van der Waals surface area contributed by atoms with E-state index >= 15 is 0 Å². The zero-order chi connectivity index (χ0) is 12.3. The molecule has 3 nitrogen and oxygen atoms in total. The molecule has 0 bridgehead atoms. The molecule has 0 spiro atoms. The number of nitrogens with zero attached hydrogens (tertiary/aromatic N) is 2. The lowest BCUT2D eigenvalue weighted by molar-refractivity contribution is 0.610. The zero-order valence-corrected chi connectivity index (χ0v) is 10.6. The highest BCUT2D eigenvalue weighted by molar-refractivity contribution is 9.10. The van der Waals surface area contributed by atoms with E-state index < -0.39 is 0 Å². The van der Waals surface area contributed by atoms with Crippen molar-refractivity contribution in [2.45, 2.75) is 12.5 Å². The van der Waals surface area contributed by atoms with Gasteiger partial charge in [-0.05, 0) is 40.0 Å². The Kier molecular flexibility index (Phi) is 3.81. The Morgan fingerprint density at radius 2 is 1.94 bits per heavy atom. The first-order chi connectivity index (χ1) is 8.18. The Labute approximate surface area is 107 Å². The summed E-state index contributed by atoms with van der Waals surface area (Å²) >= 11 is 3.21. The standard InChI is InChI=1S/C12H11BrFN3/c13-11-8(3-1-4-9(11)14)7-10(15)12-16-5-2-6-17-12/h1-6,10H,7,15H2. The Morgan fingerprint density at radius 1 is 1.24 bits per heavy atom. The molecule has 1 aromatic heterocycles. The van der Waals surface area contributed by atoms with E-state index in [0.717, 1.165) is 5.56 Å². The molecular weight excluding hydrogens is 285 g/mol. The maximum Gasteiger partial charge on any atom is 0.145 e. The monoisotopic (exact) mass is 295 g/mol. The Hall–Kier alpha value is -1.33. The quantitative estimate of drug-likeness (QED) is 0.947. The average Bonchev–Trinajstić information content (AvgIpc) is 2.36. The van der Waals surface area contributed by atoms with Crippen molar-refractivity contribution in [1.29, 1.82) is 0 Å². The molecule has 0 aliphatic heterocycles. The molecule has 88 valence electrons. The van der Waals surface area contributed by atoms with E-state index in [-0.39, 0.29) is 11.9 Å². The molecule has 2 rings (SSSR count). The smallest absolute Gasteiger partial charge is 0.145 e. The molecule has 0 saturated carbocycles. The first-order valence-corrected chi connectivity index (χ1v) is 5.93. The molecule has 0 radical (unpaired) electrons. The number of halogens is 2. The Morgan fingerprint density at radius 3 is 2.65 bits per heavy atom. The summed E-state index contributed by atoms with van der Waals surface area (Å²) in [5, 5.41) is 0. The minimum atomic E-state index is -0.339. The van der Waals surface area contributed by atoms with E-state index in [1.807, 2.05) is 6.07 Å². The van der Waals surface area contributed by atoms with Crippen molar-refractivity contribution < 1.29 is 4.39 Å². The summed E-state index contributed by atoms with van der Waals surface area (Å²) in [6.07, 6.45) is 3.77. The maximum absolute atomic E-state index is 13.3. The van der Waals surface area contributed by atoms with Crippen molar-refractivity contribution in [3.05, 3.63) is 58.3 Å². The van der Waals surface area contributed by atoms with Gasteiger partial charge in [0.2, 0.25) is 0 Å². The number of hydrogen-bond acceptors (Lipinski definition) is 3. The molecule has 0 aliphatic carbocycles. The summed E-state index contributed by atoms with van der Waals surface area (Å²) in [4.78, 5) is 8.16. The highest BCUT2D eigenvalue weighted by Gasteiger charge is 2.13. The van der Waals surface area contributed by atoms with Crippen LogP contribution in [0.1, 0.15) is 17.4 Å². The molecule has 1 aromatic carbocycles. The molecule has 0 amide bonds. The normalized spacial score (nSPS) is 12.4. The predicted octanol–water partition coefficient (Wildman–Crippen LogP) is 2.62. The van der Waals surface area contributed by atoms with Crippen LogP contribution in [0.15, 0.2) is 41.1 Å². The highest BCUT2D eigenvalue weighted by atomic mass is 79.9. The highest BCUT2D eigenvalue weighted by Crippen LogP contribution is 2.23. The molecule has 5 heteroatoms. The maximum atomic E-state index is 13.3. The molecule has 0 fully saturated rings. The van der Waals surface area contributed by atoms with Crippen molar-refractivity contribution in [1.82, 2.24) is 9.97 Å². The fourth-order valence-electron chi connectivity index (χ4n) is 1.54. The summed E-state index contributed by atoms with van der Waals surface area (Å²) in [5.41, 5.74) is 6.79. The first kappa shape index (κ1) is 12.1. The van der Waals surface area contributed by atoms with Crippen LogP contribution in [-0.2, 0) is 6.42 Å². The van der Waals surface area contributed by atoms with Crippen LogP contribution in [0.5, 0.6) is 0 Å². The van der Waals surface area contributed by atoms with Crippen LogP contribution in [-0.4, -0.2) is 9.97 Å². The second-order valence-electron chi connectivity index (χ2n) is 3.63. The van der Waals surface area contributed by atoms with Gasteiger partial charge in [-0.3, -0.25) is 0 Å². The molecule has 1 heterocycles. The van der Waals surface area contributed by atoms with E-state index in [2.05, 4.69) is 25.9 Å². The van der Waals surface area contributed by atoms with Crippen molar-refractivity contribution in [3.8, 4) is 0 Å². The lowest BCUT2D eigenvalue weighted by Gasteiger charge is -2.11. The molecule has 2 aromatic rings. The number of nitrogens with two attached hydrogens (primary N) is 1. The van der Waals surface area contributed by atoms with Gasteiger partial charge < -0.3 is 5.73 Å². The second kappa shape index (κ2) is 5.33. The Balaban J connectivity index is 2.19. The fourth-order valence-corrected chi connectivity index (χ4v) is 1.96. The third-order valence-corrected chi connectivity index (χ3v) is 3.28. The van der Waals surface area contributed by atoms with E-state index in [0.29, 0.717) is 16.7 Å². The fraction of sp³-hybridized carbons (Fsp3) is 0.167. The summed E-state index contributed by atoms with van der Waals surface area (Å²) < 4.78 is 13.8.